The highest BCUT2D eigenvalue weighted by Gasteiger charge is 2.33. The third-order valence-electron chi connectivity index (χ3n) is 3.94. The zero-order chi connectivity index (χ0) is 15.5. The number of nitrogens with zero attached hydrogens (tertiary/aromatic N) is 3. The van der Waals surface area contributed by atoms with Gasteiger partial charge in [0.15, 0.2) is 0 Å². The molecule has 1 N–H and O–H groups in total. The molecule has 1 aromatic heterocycles. The van der Waals surface area contributed by atoms with Gasteiger partial charge in [0.25, 0.3) is 0 Å². The van der Waals surface area contributed by atoms with Crippen molar-refractivity contribution in [1.82, 2.24) is 14.7 Å². The van der Waals surface area contributed by atoms with E-state index < -0.39 is 11.9 Å². The van der Waals surface area contributed by atoms with E-state index in [1.807, 2.05) is 36.5 Å². The van der Waals surface area contributed by atoms with Gasteiger partial charge >= 0.3 is 5.97 Å². The predicted molar refractivity (Wildman–Crippen MR) is 79.6 cm³/mol. The Labute approximate surface area is 128 Å². The number of benzene rings is 1. The Morgan fingerprint density at radius 3 is 2.68 bits per heavy atom. The van der Waals surface area contributed by atoms with Crippen LogP contribution in [-0.2, 0) is 16.0 Å². The van der Waals surface area contributed by atoms with Crippen LogP contribution in [0.2, 0.25) is 0 Å². The minimum Gasteiger partial charge on any atom is -0.481 e. The first-order chi connectivity index (χ1) is 10.6. The van der Waals surface area contributed by atoms with E-state index in [0.29, 0.717) is 13.1 Å². The number of carbonyl (C=O) groups is 2. The second-order valence-corrected chi connectivity index (χ2v) is 5.45. The molecule has 1 aliphatic heterocycles. The fraction of sp³-hybridized carbons (Fsp3) is 0.312. The molecule has 0 aliphatic carbocycles. The summed E-state index contributed by atoms with van der Waals surface area (Å²) < 4.78 is 1.78. The topological polar surface area (TPSA) is 75.4 Å². The summed E-state index contributed by atoms with van der Waals surface area (Å²) in [7, 11) is 0. The number of carboxylic acids is 1. The van der Waals surface area contributed by atoms with Gasteiger partial charge in [-0.25, -0.2) is 4.68 Å². The van der Waals surface area contributed by atoms with E-state index in [-0.39, 0.29) is 12.3 Å². The normalized spacial score (nSPS) is 17.9. The second-order valence-electron chi connectivity index (χ2n) is 5.45. The number of carboxylic acid groups (broad SMARTS) is 1. The summed E-state index contributed by atoms with van der Waals surface area (Å²) in [6.45, 7) is 0.878. The van der Waals surface area contributed by atoms with E-state index in [4.69, 9.17) is 5.11 Å². The maximum atomic E-state index is 11.8. The molecular weight excluding hydrogens is 282 g/mol. The van der Waals surface area contributed by atoms with Gasteiger partial charge in [-0.1, -0.05) is 12.1 Å². The van der Waals surface area contributed by atoms with E-state index in [1.54, 1.807) is 15.8 Å². The Morgan fingerprint density at radius 2 is 2.09 bits per heavy atom. The quantitative estimate of drug-likeness (QED) is 0.904. The molecule has 6 heteroatoms. The lowest BCUT2D eigenvalue weighted by Crippen LogP contribution is -2.28. The van der Waals surface area contributed by atoms with Gasteiger partial charge in [-0.2, -0.15) is 5.10 Å². The maximum absolute atomic E-state index is 11.8. The molecule has 0 bridgehead atoms. The SMILES string of the molecule is O=C(O)C1CC(=O)N(CCc2ccc(-n3cccn3)cc2)C1. The Bertz CT molecular complexity index is 664. The van der Waals surface area contributed by atoms with Crippen LogP contribution in [0.3, 0.4) is 0 Å². The standard InChI is InChI=1S/C16H17N3O3/c20-15-10-13(16(21)22)11-18(15)9-6-12-2-4-14(5-3-12)19-8-1-7-17-19/h1-5,7-8,13H,6,9-11H2,(H,21,22). The lowest BCUT2D eigenvalue weighted by Gasteiger charge is -2.16. The number of hydrogen-bond donors (Lipinski definition) is 1. The zero-order valence-electron chi connectivity index (χ0n) is 12.1. The minimum atomic E-state index is -0.889. The van der Waals surface area contributed by atoms with Crippen molar-refractivity contribution in [3.63, 3.8) is 0 Å². The van der Waals surface area contributed by atoms with Gasteiger partial charge < -0.3 is 10.0 Å². The van der Waals surface area contributed by atoms with Crippen molar-refractivity contribution in [2.75, 3.05) is 13.1 Å². The first-order valence-electron chi connectivity index (χ1n) is 7.23. The van der Waals surface area contributed by atoms with E-state index >= 15 is 0 Å². The lowest BCUT2D eigenvalue weighted by molar-refractivity contribution is -0.141. The van der Waals surface area contributed by atoms with Gasteiger partial charge in [-0.3, -0.25) is 9.59 Å². The highest BCUT2D eigenvalue weighted by Crippen LogP contribution is 2.18. The highest BCUT2D eigenvalue weighted by atomic mass is 16.4. The first-order valence-corrected chi connectivity index (χ1v) is 7.23. The van der Waals surface area contributed by atoms with Crippen LogP contribution in [0, 0.1) is 5.92 Å². The van der Waals surface area contributed by atoms with Gasteiger partial charge in [-0.15, -0.1) is 0 Å². The van der Waals surface area contributed by atoms with Gasteiger partial charge in [0.2, 0.25) is 5.91 Å². The van der Waals surface area contributed by atoms with Crippen LogP contribution in [0.4, 0.5) is 0 Å². The van der Waals surface area contributed by atoms with Crippen molar-refractivity contribution in [2.45, 2.75) is 12.8 Å². The summed E-state index contributed by atoms with van der Waals surface area (Å²) in [4.78, 5) is 24.3. The molecule has 1 unspecified atom stereocenters. The Hall–Kier alpha value is -2.63. The van der Waals surface area contributed by atoms with Crippen molar-refractivity contribution < 1.29 is 14.7 Å². The van der Waals surface area contributed by atoms with Gasteiger partial charge in [0.1, 0.15) is 0 Å². The molecule has 1 atom stereocenters. The number of rotatable bonds is 5. The third-order valence-corrected chi connectivity index (χ3v) is 3.94. The van der Waals surface area contributed by atoms with Crippen LogP contribution < -0.4 is 0 Å². The van der Waals surface area contributed by atoms with Crippen molar-refractivity contribution in [3.8, 4) is 5.69 Å². The summed E-state index contributed by atoms with van der Waals surface area (Å²) >= 11 is 0. The van der Waals surface area contributed by atoms with E-state index in [2.05, 4.69) is 5.10 Å². The van der Waals surface area contributed by atoms with Crippen LogP contribution in [0.25, 0.3) is 5.69 Å². The largest absolute Gasteiger partial charge is 0.481 e. The number of hydrogen-bond acceptors (Lipinski definition) is 3. The van der Waals surface area contributed by atoms with E-state index in [0.717, 1.165) is 17.7 Å². The van der Waals surface area contributed by atoms with Crippen molar-refractivity contribution in [1.29, 1.82) is 0 Å². The molecular formula is C16H17N3O3. The Kier molecular flexibility index (Phi) is 3.91. The Balaban J connectivity index is 1.58. The lowest BCUT2D eigenvalue weighted by atomic mass is 10.1. The predicted octanol–water partition coefficient (Wildman–Crippen LogP) is 1.35. The first kappa shape index (κ1) is 14.3. The molecule has 1 aliphatic rings. The van der Waals surface area contributed by atoms with E-state index in [9.17, 15) is 9.59 Å². The fourth-order valence-corrected chi connectivity index (χ4v) is 2.65. The third kappa shape index (κ3) is 3.00. The smallest absolute Gasteiger partial charge is 0.308 e. The summed E-state index contributed by atoms with van der Waals surface area (Å²) in [5.41, 5.74) is 2.10. The van der Waals surface area contributed by atoms with Crippen LogP contribution in [0.15, 0.2) is 42.7 Å². The van der Waals surface area contributed by atoms with Crippen LogP contribution in [0.1, 0.15) is 12.0 Å². The molecule has 114 valence electrons. The molecule has 0 radical (unpaired) electrons. The monoisotopic (exact) mass is 299 g/mol. The average Bonchev–Trinajstić information content (AvgIpc) is 3.15. The van der Waals surface area contributed by atoms with E-state index in [1.165, 1.54) is 0 Å². The molecule has 0 spiro atoms. The van der Waals surface area contributed by atoms with Crippen molar-refractivity contribution in [2.24, 2.45) is 5.92 Å². The van der Waals surface area contributed by atoms with Crippen LogP contribution in [-0.4, -0.2) is 44.8 Å². The average molecular weight is 299 g/mol. The number of likely N-dealkylation sites (tertiary alicyclic amines) is 1. The molecule has 1 amide bonds. The highest BCUT2D eigenvalue weighted by molar-refractivity contribution is 5.86. The van der Waals surface area contributed by atoms with Gasteiger partial charge in [0, 0.05) is 31.9 Å². The van der Waals surface area contributed by atoms with Crippen LogP contribution in [0.5, 0.6) is 0 Å². The summed E-state index contributed by atoms with van der Waals surface area (Å²) in [5, 5.41) is 13.1. The number of aromatic nitrogens is 2. The second kappa shape index (κ2) is 6.01. The summed E-state index contributed by atoms with van der Waals surface area (Å²) in [6.07, 6.45) is 4.45. The summed E-state index contributed by atoms with van der Waals surface area (Å²) in [6, 6.07) is 9.84. The number of carbonyl (C=O) groups excluding carboxylic acids is 1. The summed E-state index contributed by atoms with van der Waals surface area (Å²) in [5.74, 6) is -1.52. The molecule has 2 aromatic rings. The number of aliphatic carboxylic acids is 1. The molecule has 22 heavy (non-hydrogen) atoms. The molecule has 2 heterocycles. The number of amides is 1. The molecule has 1 fully saturated rings. The molecule has 0 saturated carbocycles. The van der Waals surface area contributed by atoms with Gasteiger partial charge in [0.05, 0.1) is 11.6 Å². The molecule has 6 nitrogen and oxygen atoms in total. The maximum Gasteiger partial charge on any atom is 0.308 e. The minimum absolute atomic E-state index is 0.0689. The van der Waals surface area contributed by atoms with Crippen molar-refractivity contribution >= 4 is 11.9 Å². The zero-order valence-corrected chi connectivity index (χ0v) is 12.1. The molecule has 1 saturated heterocycles. The van der Waals surface area contributed by atoms with Crippen molar-refractivity contribution in [3.05, 3.63) is 48.3 Å². The van der Waals surface area contributed by atoms with Crippen LogP contribution >= 0.6 is 0 Å². The molecule has 3 rings (SSSR count). The van der Waals surface area contributed by atoms with Gasteiger partial charge in [-0.05, 0) is 30.2 Å². The fourth-order valence-electron chi connectivity index (χ4n) is 2.65. The Morgan fingerprint density at radius 1 is 1.32 bits per heavy atom. The molecule has 1 aromatic carbocycles.